The van der Waals surface area contributed by atoms with Crippen molar-refractivity contribution < 1.29 is 73.3 Å². The van der Waals surface area contributed by atoms with Crippen molar-refractivity contribution in [3.63, 3.8) is 0 Å². The lowest BCUT2D eigenvalue weighted by molar-refractivity contribution is -0.375. The molecule has 2 aliphatic heterocycles. The van der Waals surface area contributed by atoms with Crippen molar-refractivity contribution in [3.8, 4) is 0 Å². The molecular weight excluding hydrogens is 756 g/mol. The van der Waals surface area contributed by atoms with Gasteiger partial charge in [-0.2, -0.15) is 0 Å². The molecule has 0 radical (unpaired) electrons. The molecule has 21 heteroatoms. The molecule has 21 nitrogen and oxygen atoms in total. The van der Waals surface area contributed by atoms with Gasteiger partial charge in [-0.3, -0.25) is 0 Å². The van der Waals surface area contributed by atoms with Crippen LogP contribution < -0.4 is 0 Å². The maximum Gasteiger partial charge on any atom is 0.189 e. The summed E-state index contributed by atoms with van der Waals surface area (Å²) in [6.45, 7) is 16.5. The number of rotatable bonds is 26. The van der Waals surface area contributed by atoms with Crippen LogP contribution in [0.5, 0.6) is 0 Å². The van der Waals surface area contributed by atoms with E-state index in [2.05, 4.69) is 20.6 Å². The largest absolute Gasteiger partial charge is 0.388 e. The van der Waals surface area contributed by atoms with Crippen molar-refractivity contribution in [3.05, 3.63) is 23.8 Å². The van der Waals surface area contributed by atoms with E-state index in [0.717, 1.165) is 0 Å². The Morgan fingerprint density at radius 1 is 0.526 bits per heavy atom. The molecule has 2 aliphatic rings. The van der Waals surface area contributed by atoms with E-state index in [1.54, 1.807) is 12.4 Å². The van der Waals surface area contributed by atoms with Gasteiger partial charge in [0, 0.05) is 37.3 Å². The molecule has 328 valence electrons. The van der Waals surface area contributed by atoms with Crippen LogP contribution in [0.2, 0.25) is 0 Å². The minimum absolute atomic E-state index is 0.112. The topological polar surface area (TPSA) is 266 Å². The summed E-state index contributed by atoms with van der Waals surface area (Å²) < 4.78 is 54.5. The number of hydrogen-bond acceptors (Lipinski definition) is 19. The summed E-state index contributed by atoms with van der Waals surface area (Å²) in [6, 6.07) is 0. The van der Waals surface area contributed by atoms with Crippen LogP contribution in [-0.2, 0) is 68.9 Å². The number of hydrogen-bond donors (Lipinski definition) is 6. The van der Waals surface area contributed by atoms with Gasteiger partial charge >= 0.3 is 0 Å². The molecular formula is C36H64N6O15. The Bertz CT molecular complexity index is 1300. The third-order valence-electron chi connectivity index (χ3n) is 9.53. The Balaban J connectivity index is 1.32. The van der Waals surface area contributed by atoms with Crippen LogP contribution in [0.1, 0.15) is 52.9 Å². The zero-order valence-electron chi connectivity index (χ0n) is 33.9. The predicted octanol–water partition coefficient (Wildman–Crippen LogP) is -1.61. The van der Waals surface area contributed by atoms with Crippen molar-refractivity contribution >= 4 is 0 Å². The van der Waals surface area contributed by atoms with Crippen molar-refractivity contribution in [2.75, 3.05) is 66.1 Å². The first-order valence-electron chi connectivity index (χ1n) is 19.5. The van der Waals surface area contributed by atoms with E-state index in [1.165, 1.54) is 9.36 Å². The number of ether oxygens (including phenoxy) is 9. The lowest BCUT2D eigenvalue weighted by Gasteiger charge is -2.45. The molecule has 2 aromatic heterocycles. The average molecular weight is 821 g/mol. The van der Waals surface area contributed by atoms with Crippen LogP contribution in [0.25, 0.3) is 0 Å². The second-order valence-corrected chi connectivity index (χ2v) is 15.2. The van der Waals surface area contributed by atoms with E-state index >= 15 is 0 Å². The van der Waals surface area contributed by atoms with Gasteiger partial charge in [-0.25, -0.2) is 9.36 Å². The second-order valence-electron chi connectivity index (χ2n) is 15.2. The van der Waals surface area contributed by atoms with Gasteiger partial charge in [0.15, 0.2) is 12.6 Å². The Kier molecular flexibility index (Phi) is 19.0. The first-order chi connectivity index (χ1) is 27.2. The zero-order valence-corrected chi connectivity index (χ0v) is 33.9. The Labute approximate surface area is 333 Å². The molecule has 2 saturated heterocycles. The first kappa shape index (κ1) is 47.4. The molecule has 0 aromatic carbocycles. The predicted molar refractivity (Wildman–Crippen MR) is 196 cm³/mol. The van der Waals surface area contributed by atoms with Crippen LogP contribution >= 0.6 is 0 Å². The monoisotopic (exact) mass is 820 g/mol. The quantitative estimate of drug-likeness (QED) is 0.0624. The van der Waals surface area contributed by atoms with Crippen molar-refractivity contribution in [1.82, 2.24) is 30.0 Å². The maximum absolute atomic E-state index is 10.8. The molecule has 0 aliphatic carbocycles. The third kappa shape index (κ3) is 13.9. The minimum Gasteiger partial charge on any atom is -0.388 e. The highest BCUT2D eigenvalue weighted by atomic mass is 16.8. The summed E-state index contributed by atoms with van der Waals surface area (Å²) in [5.74, 6) is 0. The Hall–Kier alpha value is -2.32. The lowest BCUT2D eigenvalue weighted by Crippen LogP contribution is -2.63. The summed E-state index contributed by atoms with van der Waals surface area (Å²) in [6.07, 6.45) is -12.6. The van der Waals surface area contributed by atoms with Gasteiger partial charge in [0.2, 0.25) is 0 Å². The van der Waals surface area contributed by atoms with Crippen molar-refractivity contribution in [2.24, 2.45) is 10.8 Å². The van der Waals surface area contributed by atoms with Gasteiger partial charge in [0.1, 0.15) is 60.2 Å². The summed E-state index contributed by atoms with van der Waals surface area (Å²) in [5.41, 5.74) is 0.243. The second kappa shape index (κ2) is 22.9. The molecule has 4 unspecified atom stereocenters. The fourth-order valence-electron chi connectivity index (χ4n) is 6.30. The SMILES string of the molecule is CCOCC(C)(COCC)COCc1cn(CC2O[C@H](O[C@H]3O[C@H](Cn4cc(COCC(C)(COCC)COCC)nn4)[C@@H](O)C(O)C3O)C(O)[C@@H](O)[C@@H]2O)nn1. The average Bonchev–Trinajstić information content (AvgIpc) is 3.85. The molecule has 0 saturated carbocycles. The maximum atomic E-state index is 10.8. The van der Waals surface area contributed by atoms with Crippen LogP contribution in [0.4, 0.5) is 0 Å². The van der Waals surface area contributed by atoms with E-state index in [0.29, 0.717) is 77.5 Å². The fourth-order valence-corrected chi connectivity index (χ4v) is 6.30. The molecule has 6 N–H and O–H groups in total. The number of aliphatic hydroxyl groups excluding tert-OH is 6. The molecule has 0 bridgehead atoms. The lowest BCUT2D eigenvalue weighted by atomic mass is 9.94. The minimum atomic E-state index is -1.78. The number of aliphatic hydroxyl groups is 6. The molecule has 0 spiro atoms. The van der Waals surface area contributed by atoms with Gasteiger partial charge in [-0.05, 0) is 27.7 Å². The molecule has 4 heterocycles. The molecule has 4 rings (SSSR count). The summed E-state index contributed by atoms with van der Waals surface area (Å²) in [4.78, 5) is 0. The summed E-state index contributed by atoms with van der Waals surface area (Å²) in [7, 11) is 0. The summed E-state index contributed by atoms with van der Waals surface area (Å²) >= 11 is 0. The molecule has 57 heavy (non-hydrogen) atoms. The standard InChI is InChI=1S/C36H64N6O15/c1-7-49-17-35(5,18-50-8-2)21-53-15-23-11-41(39-37-23)13-25-27(43)29(45)31(47)33(55-25)57-34-32(48)30(46)28(44)26(56-34)14-42-12-24(38-40-42)16-54-22-36(6,19-51-9-3)20-52-10-4/h11-12,25-34,43-48H,7-10,13-22H2,1-6H3/t25-,26?,27-,28-,29?,30+,31?,32?,33-,34-/m1/s1. The van der Waals surface area contributed by atoms with Gasteiger partial charge in [0.05, 0.1) is 78.3 Å². The molecule has 2 fully saturated rings. The van der Waals surface area contributed by atoms with E-state index in [1.807, 2.05) is 41.5 Å². The highest BCUT2D eigenvalue weighted by Gasteiger charge is 2.50. The molecule has 0 amide bonds. The smallest absolute Gasteiger partial charge is 0.189 e. The van der Waals surface area contributed by atoms with E-state index in [4.69, 9.17) is 42.6 Å². The van der Waals surface area contributed by atoms with Gasteiger partial charge in [-0.15, -0.1) is 10.2 Å². The Morgan fingerprint density at radius 3 is 1.19 bits per heavy atom. The fraction of sp³-hybridized carbons (Fsp3) is 0.889. The van der Waals surface area contributed by atoms with Crippen molar-refractivity contribution in [2.45, 2.75) is 129 Å². The van der Waals surface area contributed by atoms with Crippen LogP contribution in [-0.4, -0.2) is 188 Å². The van der Waals surface area contributed by atoms with Gasteiger partial charge in [-0.1, -0.05) is 24.3 Å². The number of aromatic nitrogens is 6. The van der Waals surface area contributed by atoms with E-state index in [9.17, 15) is 30.6 Å². The Morgan fingerprint density at radius 2 is 0.860 bits per heavy atom. The van der Waals surface area contributed by atoms with Crippen LogP contribution in [0, 0.1) is 10.8 Å². The summed E-state index contributed by atoms with van der Waals surface area (Å²) in [5, 5.41) is 81.0. The normalized spacial score (nSPS) is 28.6. The third-order valence-corrected chi connectivity index (χ3v) is 9.53. The molecule has 2 aromatic rings. The highest BCUT2D eigenvalue weighted by Crippen LogP contribution is 2.29. The first-order valence-corrected chi connectivity index (χ1v) is 19.5. The van der Waals surface area contributed by atoms with Gasteiger partial charge in [0.25, 0.3) is 0 Å². The van der Waals surface area contributed by atoms with E-state index in [-0.39, 0.29) is 37.1 Å². The molecule has 10 atom stereocenters. The highest BCUT2D eigenvalue weighted by molar-refractivity contribution is 4.96. The van der Waals surface area contributed by atoms with Crippen LogP contribution in [0.15, 0.2) is 12.4 Å². The zero-order chi connectivity index (χ0) is 41.6. The van der Waals surface area contributed by atoms with E-state index < -0.39 is 61.4 Å². The van der Waals surface area contributed by atoms with Crippen molar-refractivity contribution in [1.29, 1.82) is 0 Å². The van der Waals surface area contributed by atoms with Crippen LogP contribution in [0.3, 0.4) is 0 Å². The number of nitrogens with zero attached hydrogens (tertiary/aromatic N) is 6. The van der Waals surface area contributed by atoms with Gasteiger partial charge < -0.3 is 73.3 Å².